The van der Waals surface area contributed by atoms with Crippen molar-refractivity contribution >= 4 is 17.5 Å². The predicted octanol–water partition coefficient (Wildman–Crippen LogP) is 1.89. The smallest absolute Gasteiger partial charge is 0.225 e. The summed E-state index contributed by atoms with van der Waals surface area (Å²) in [5, 5.41) is 6.91. The van der Waals surface area contributed by atoms with Crippen LogP contribution in [0.4, 0.5) is 4.39 Å². The van der Waals surface area contributed by atoms with Gasteiger partial charge in [0.2, 0.25) is 11.8 Å². The Morgan fingerprint density at radius 3 is 2.92 bits per heavy atom. The lowest BCUT2D eigenvalue weighted by Crippen LogP contribution is -2.38. The van der Waals surface area contributed by atoms with Crippen LogP contribution in [0.2, 0.25) is 0 Å². The van der Waals surface area contributed by atoms with Crippen molar-refractivity contribution in [2.45, 2.75) is 45.3 Å². The molecule has 1 N–H and O–H groups in total. The number of halogens is 1. The summed E-state index contributed by atoms with van der Waals surface area (Å²) in [6, 6.07) is 6.51. The van der Waals surface area contributed by atoms with E-state index in [0.717, 1.165) is 11.3 Å². The van der Waals surface area contributed by atoms with E-state index in [0.29, 0.717) is 25.9 Å². The maximum atomic E-state index is 13.2. The standard InChI is InChI=1S/C19H24FN3O3/c1-12(2)23-11-14(8-18(23)24)19(25)21-10-17-9-16(22-26-17)7-13-4-3-5-15(20)6-13/h3-6,12,14,17H,7-11H2,1-2H3,(H,21,25). The van der Waals surface area contributed by atoms with Crippen LogP contribution in [0.5, 0.6) is 0 Å². The molecule has 0 spiro atoms. The fourth-order valence-corrected chi connectivity index (χ4v) is 3.35. The molecule has 2 amide bonds. The average Bonchev–Trinajstić information content (AvgIpc) is 3.19. The molecule has 1 aromatic carbocycles. The van der Waals surface area contributed by atoms with E-state index in [1.807, 2.05) is 19.9 Å². The van der Waals surface area contributed by atoms with Crippen molar-refractivity contribution in [2.24, 2.45) is 11.1 Å². The zero-order valence-corrected chi connectivity index (χ0v) is 15.1. The molecular weight excluding hydrogens is 337 g/mol. The second-order valence-corrected chi connectivity index (χ2v) is 7.18. The first-order valence-electron chi connectivity index (χ1n) is 8.95. The highest BCUT2D eigenvalue weighted by atomic mass is 19.1. The van der Waals surface area contributed by atoms with Gasteiger partial charge in [-0.1, -0.05) is 17.3 Å². The molecule has 1 fully saturated rings. The highest BCUT2D eigenvalue weighted by Crippen LogP contribution is 2.20. The van der Waals surface area contributed by atoms with E-state index in [4.69, 9.17) is 4.84 Å². The van der Waals surface area contributed by atoms with Gasteiger partial charge in [-0.05, 0) is 31.5 Å². The Bertz CT molecular complexity index is 720. The molecule has 1 saturated heterocycles. The van der Waals surface area contributed by atoms with E-state index in [9.17, 15) is 14.0 Å². The van der Waals surface area contributed by atoms with Crippen LogP contribution in [-0.2, 0) is 20.8 Å². The van der Waals surface area contributed by atoms with Crippen LogP contribution in [0, 0.1) is 11.7 Å². The van der Waals surface area contributed by atoms with Crippen molar-refractivity contribution in [2.75, 3.05) is 13.1 Å². The Labute approximate surface area is 152 Å². The monoisotopic (exact) mass is 361 g/mol. The number of amides is 2. The number of oxime groups is 1. The molecule has 0 bridgehead atoms. The van der Waals surface area contributed by atoms with E-state index in [-0.39, 0.29) is 42.1 Å². The van der Waals surface area contributed by atoms with Crippen LogP contribution < -0.4 is 5.32 Å². The Hall–Kier alpha value is -2.44. The third-order valence-electron chi connectivity index (χ3n) is 4.75. The van der Waals surface area contributed by atoms with Crippen molar-refractivity contribution in [3.63, 3.8) is 0 Å². The summed E-state index contributed by atoms with van der Waals surface area (Å²) < 4.78 is 13.2. The molecule has 6 nitrogen and oxygen atoms in total. The van der Waals surface area contributed by atoms with Crippen LogP contribution in [0.3, 0.4) is 0 Å². The van der Waals surface area contributed by atoms with Crippen molar-refractivity contribution in [3.05, 3.63) is 35.6 Å². The zero-order chi connectivity index (χ0) is 18.7. The summed E-state index contributed by atoms with van der Waals surface area (Å²) in [4.78, 5) is 31.3. The minimum absolute atomic E-state index is 0.0259. The normalized spacial score (nSPS) is 22.5. The van der Waals surface area contributed by atoms with Gasteiger partial charge < -0.3 is 15.1 Å². The largest absolute Gasteiger partial charge is 0.390 e. The number of carbonyl (C=O) groups is 2. The number of carbonyl (C=O) groups excluding carboxylic acids is 2. The first kappa shape index (κ1) is 18.4. The van der Waals surface area contributed by atoms with Gasteiger partial charge in [0.05, 0.1) is 18.2 Å². The molecular formula is C19H24FN3O3. The molecule has 2 unspecified atom stereocenters. The Kier molecular flexibility index (Phi) is 5.54. The first-order chi connectivity index (χ1) is 12.4. The van der Waals surface area contributed by atoms with Gasteiger partial charge in [-0.2, -0.15) is 0 Å². The fourth-order valence-electron chi connectivity index (χ4n) is 3.35. The molecule has 3 rings (SSSR count). The summed E-state index contributed by atoms with van der Waals surface area (Å²) in [6.07, 6.45) is 1.17. The van der Waals surface area contributed by atoms with Crippen LogP contribution >= 0.6 is 0 Å². The van der Waals surface area contributed by atoms with Crippen molar-refractivity contribution < 1.29 is 18.8 Å². The summed E-state index contributed by atoms with van der Waals surface area (Å²) in [5.41, 5.74) is 1.67. The SMILES string of the molecule is CC(C)N1CC(C(=O)NCC2CC(Cc3cccc(F)c3)=NO2)CC1=O. The lowest BCUT2D eigenvalue weighted by atomic mass is 10.0. The van der Waals surface area contributed by atoms with Gasteiger partial charge in [-0.15, -0.1) is 0 Å². The predicted molar refractivity (Wildman–Crippen MR) is 95.0 cm³/mol. The quantitative estimate of drug-likeness (QED) is 0.841. The lowest BCUT2D eigenvalue weighted by Gasteiger charge is -2.20. The maximum absolute atomic E-state index is 13.2. The second-order valence-electron chi connectivity index (χ2n) is 7.18. The highest BCUT2D eigenvalue weighted by molar-refractivity contribution is 5.90. The molecule has 0 aromatic heterocycles. The van der Waals surface area contributed by atoms with E-state index in [2.05, 4.69) is 10.5 Å². The van der Waals surface area contributed by atoms with E-state index in [1.165, 1.54) is 12.1 Å². The average molecular weight is 361 g/mol. The van der Waals surface area contributed by atoms with Crippen LogP contribution in [-0.4, -0.2) is 47.7 Å². The van der Waals surface area contributed by atoms with Gasteiger partial charge in [0, 0.05) is 31.8 Å². The third-order valence-corrected chi connectivity index (χ3v) is 4.75. The zero-order valence-electron chi connectivity index (χ0n) is 15.1. The second kappa shape index (κ2) is 7.85. The van der Waals surface area contributed by atoms with Gasteiger partial charge in [0.25, 0.3) is 0 Å². The molecule has 140 valence electrons. The number of hydrogen-bond donors (Lipinski definition) is 1. The van der Waals surface area contributed by atoms with Gasteiger partial charge in [-0.3, -0.25) is 9.59 Å². The number of nitrogens with one attached hydrogen (secondary N) is 1. The Morgan fingerprint density at radius 2 is 2.23 bits per heavy atom. The number of benzene rings is 1. The molecule has 1 aromatic rings. The first-order valence-corrected chi connectivity index (χ1v) is 8.95. The van der Waals surface area contributed by atoms with Crippen LogP contribution in [0.15, 0.2) is 29.4 Å². The van der Waals surface area contributed by atoms with E-state index >= 15 is 0 Å². The van der Waals surface area contributed by atoms with Crippen molar-refractivity contribution in [1.29, 1.82) is 0 Å². The number of rotatable bonds is 6. The molecule has 0 aliphatic carbocycles. The molecule has 2 heterocycles. The number of hydrogen-bond acceptors (Lipinski definition) is 4. The van der Waals surface area contributed by atoms with Gasteiger partial charge in [0.1, 0.15) is 11.9 Å². The van der Waals surface area contributed by atoms with Gasteiger partial charge in [-0.25, -0.2) is 4.39 Å². The summed E-state index contributed by atoms with van der Waals surface area (Å²) in [7, 11) is 0. The van der Waals surface area contributed by atoms with Gasteiger partial charge >= 0.3 is 0 Å². The van der Waals surface area contributed by atoms with Crippen molar-refractivity contribution in [3.8, 4) is 0 Å². The van der Waals surface area contributed by atoms with Crippen LogP contribution in [0.1, 0.15) is 32.3 Å². The number of likely N-dealkylation sites (tertiary alicyclic amines) is 1. The molecule has 2 aliphatic rings. The van der Waals surface area contributed by atoms with Crippen molar-refractivity contribution in [1.82, 2.24) is 10.2 Å². The van der Waals surface area contributed by atoms with Gasteiger partial charge in [0.15, 0.2) is 0 Å². The molecule has 2 aliphatic heterocycles. The summed E-state index contributed by atoms with van der Waals surface area (Å²) in [5.74, 6) is -0.673. The maximum Gasteiger partial charge on any atom is 0.225 e. The Balaban J connectivity index is 1.43. The molecule has 7 heteroatoms. The van der Waals surface area contributed by atoms with E-state index < -0.39 is 0 Å². The fraction of sp³-hybridized carbons (Fsp3) is 0.526. The summed E-state index contributed by atoms with van der Waals surface area (Å²) >= 11 is 0. The van der Waals surface area contributed by atoms with E-state index in [1.54, 1.807) is 11.0 Å². The minimum Gasteiger partial charge on any atom is -0.390 e. The molecule has 26 heavy (non-hydrogen) atoms. The molecule has 2 atom stereocenters. The van der Waals surface area contributed by atoms with Crippen LogP contribution in [0.25, 0.3) is 0 Å². The third kappa shape index (κ3) is 4.39. The molecule has 0 saturated carbocycles. The Morgan fingerprint density at radius 1 is 1.42 bits per heavy atom. The summed E-state index contributed by atoms with van der Waals surface area (Å²) in [6.45, 7) is 4.71. The minimum atomic E-state index is -0.306. The topological polar surface area (TPSA) is 71.0 Å². The lowest BCUT2D eigenvalue weighted by molar-refractivity contribution is -0.130. The molecule has 0 radical (unpaired) electrons. The number of nitrogens with zero attached hydrogens (tertiary/aromatic N) is 2. The highest BCUT2D eigenvalue weighted by Gasteiger charge is 2.35.